The molecule has 0 radical (unpaired) electrons. The summed E-state index contributed by atoms with van der Waals surface area (Å²) in [6.07, 6.45) is 4.06. The molecule has 224 valence electrons. The van der Waals surface area contributed by atoms with Gasteiger partial charge in [-0.2, -0.15) is 0 Å². The standard InChI is InChI=1S/2C16H17BrO4/c2*1-20-15(19)16-6-4-12(18)8-10(16)5-7-21-14-9-11(17)2-3-13(14)16/h2*2-3,9-10H,4-8H2,1H3/t2*10-,16-/m10/s1. The number of ether oxygens (including phenoxy) is 4. The first-order valence-corrected chi connectivity index (χ1v) is 15.8. The maximum absolute atomic E-state index is 12.6. The van der Waals surface area contributed by atoms with Crippen LogP contribution in [0.25, 0.3) is 0 Å². The van der Waals surface area contributed by atoms with E-state index in [4.69, 9.17) is 18.9 Å². The molecule has 0 bridgehead atoms. The molecule has 2 aliphatic carbocycles. The van der Waals surface area contributed by atoms with Crippen molar-refractivity contribution in [3.05, 3.63) is 56.5 Å². The summed E-state index contributed by atoms with van der Waals surface area (Å²) in [6, 6.07) is 11.4. The summed E-state index contributed by atoms with van der Waals surface area (Å²) in [5.74, 6) is 1.27. The Bertz CT molecular complexity index is 1300. The predicted octanol–water partition coefficient (Wildman–Crippen LogP) is 6.02. The summed E-state index contributed by atoms with van der Waals surface area (Å²) in [5.41, 5.74) is 0.199. The van der Waals surface area contributed by atoms with E-state index < -0.39 is 10.8 Å². The molecule has 2 fully saturated rings. The fraction of sp³-hybridized carbons (Fsp3) is 0.500. The van der Waals surface area contributed by atoms with Gasteiger partial charge in [0.05, 0.1) is 27.4 Å². The van der Waals surface area contributed by atoms with Gasteiger partial charge in [0.15, 0.2) is 0 Å². The van der Waals surface area contributed by atoms with Crippen molar-refractivity contribution in [1.82, 2.24) is 0 Å². The van der Waals surface area contributed by atoms with Crippen molar-refractivity contribution in [2.75, 3.05) is 27.4 Å². The van der Waals surface area contributed by atoms with E-state index in [1.54, 1.807) is 0 Å². The monoisotopic (exact) mass is 704 g/mol. The molecule has 2 aliphatic heterocycles. The third-order valence-corrected chi connectivity index (χ3v) is 10.3. The second kappa shape index (κ2) is 12.5. The summed E-state index contributed by atoms with van der Waals surface area (Å²) >= 11 is 6.87. The maximum atomic E-state index is 12.6. The highest BCUT2D eigenvalue weighted by Crippen LogP contribution is 2.52. The van der Waals surface area contributed by atoms with Crippen LogP contribution in [0.2, 0.25) is 0 Å². The van der Waals surface area contributed by atoms with E-state index in [0.717, 1.165) is 20.1 Å². The van der Waals surface area contributed by atoms with Crippen molar-refractivity contribution in [3.63, 3.8) is 0 Å². The van der Waals surface area contributed by atoms with Crippen molar-refractivity contribution < 1.29 is 38.1 Å². The minimum absolute atomic E-state index is 0.0476. The fourth-order valence-electron chi connectivity index (χ4n) is 7.30. The van der Waals surface area contributed by atoms with Gasteiger partial charge in [0, 0.05) is 45.8 Å². The smallest absolute Gasteiger partial charge is 0.316 e. The third-order valence-electron chi connectivity index (χ3n) is 9.33. The van der Waals surface area contributed by atoms with E-state index in [-0.39, 0.29) is 35.3 Å². The second-order valence-electron chi connectivity index (χ2n) is 11.4. The quantitative estimate of drug-likeness (QED) is 0.350. The summed E-state index contributed by atoms with van der Waals surface area (Å²) in [5, 5.41) is 0. The molecular formula is C32H34Br2O8. The number of ketones is 2. The SMILES string of the molecule is COC(=O)[C@@]12CCC(=O)C[C@@H]1CCOc1cc(Br)ccc12.COC(=O)[C@]12CCC(=O)C[C@H]1CCOc1cc(Br)ccc12. The van der Waals surface area contributed by atoms with Crippen LogP contribution in [0.5, 0.6) is 11.5 Å². The van der Waals surface area contributed by atoms with Crippen LogP contribution < -0.4 is 9.47 Å². The van der Waals surface area contributed by atoms with Gasteiger partial charge in [0.2, 0.25) is 0 Å². The average Bonchev–Trinajstić information content (AvgIpc) is 3.24. The van der Waals surface area contributed by atoms with Crippen LogP contribution in [-0.4, -0.2) is 50.9 Å². The number of rotatable bonds is 2. The molecule has 2 aromatic carbocycles. The molecule has 8 nitrogen and oxygen atoms in total. The predicted molar refractivity (Wildman–Crippen MR) is 161 cm³/mol. The number of fused-ring (bicyclic) bond motifs is 6. The molecule has 10 heteroatoms. The number of hydrogen-bond donors (Lipinski definition) is 0. The number of benzene rings is 2. The van der Waals surface area contributed by atoms with E-state index in [1.165, 1.54) is 14.2 Å². The Morgan fingerprint density at radius 2 is 1.14 bits per heavy atom. The van der Waals surface area contributed by atoms with Crippen LogP contribution in [-0.2, 0) is 39.5 Å². The highest BCUT2D eigenvalue weighted by molar-refractivity contribution is 9.10. The average molecular weight is 706 g/mol. The molecule has 2 aromatic rings. The van der Waals surface area contributed by atoms with Crippen molar-refractivity contribution in [2.45, 2.75) is 62.2 Å². The highest BCUT2D eigenvalue weighted by atomic mass is 79.9. The first-order chi connectivity index (χ1) is 20.1. The Balaban J connectivity index is 0.000000168. The van der Waals surface area contributed by atoms with E-state index in [1.807, 2.05) is 36.4 Å². The Morgan fingerprint density at radius 3 is 1.52 bits per heavy atom. The number of methoxy groups -OCH3 is 2. The Morgan fingerprint density at radius 1 is 0.738 bits per heavy atom. The van der Waals surface area contributed by atoms with E-state index in [0.29, 0.717) is 76.1 Å². The molecular weight excluding hydrogens is 672 g/mol. The Labute approximate surface area is 262 Å². The van der Waals surface area contributed by atoms with Crippen LogP contribution in [0, 0.1) is 11.8 Å². The summed E-state index contributed by atoms with van der Waals surface area (Å²) in [6.45, 7) is 1.03. The molecule has 0 spiro atoms. The first-order valence-electron chi connectivity index (χ1n) is 14.2. The van der Waals surface area contributed by atoms with Crippen LogP contribution in [0.3, 0.4) is 0 Å². The van der Waals surface area contributed by atoms with Crippen LogP contribution >= 0.6 is 31.9 Å². The largest absolute Gasteiger partial charge is 0.493 e. The van der Waals surface area contributed by atoms with Gasteiger partial charge in [-0.1, -0.05) is 44.0 Å². The molecule has 0 N–H and O–H groups in total. The van der Waals surface area contributed by atoms with Crippen molar-refractivity contribution in [3.8, 4) is 11.5 Å². The molecule has 0 unspecified atom stereocenters. The molecule has 2 saturated carbocycles. The minimum Gasteiger partial charge on any atom is -0.493 e. The van der Waals surface area contributed by atoms with E-state index >= 15 is 0 Å². The van der Waals surface area contributed by atoms with Crippen molar-refractivity contribution in [2.24, 2.45) is 11.8 Å². The zero-order valence-corrected chi connectivity index (χ0v) is 26.9. The summed E-state index contributed by atoms with van der Waals surface area (Å²) < 4.78 is 23.7. The lowest BCUT2D eigenvalue weighted by atomic mass is 9.61. The lowest BCUT2D eigenvalue weighted by Gasteiger charge is -2.40. The van der Waals surface area contributed by atoms with E-state index in [9.17, 15) is 19.2 Å². The molecule has 2 heterocycles. The lowest BCUT2D eigenvalue weighted by molar-refractivity contribution is -0.154. The molecule has 4 atom stereocenters. The van der Waals surface area contributed by atoms with Gasteiger partial charge in [0.1, 0.15) is 33.9 Å². The number of carbonyl (C=O) groups excluding carboxylic acids is 4. The topological polar surface area (TPSA) is 105 Å². The van der Waals surface area contributed by atoms with Crippen LogP contribution in [0.15, 0.2) is 45.3 Å². The normalized spacial score (nSPS) is 27.9. The van der Waals surface area contributed by atoms with Gasteiger partial charge in [-0.25, -0.2) is 0 Å². The number of halogens is 2. The minimum atomic E-state index is -0.755. The van der Waals surface area contributed by atoms with Crippen LogP contribution in [0.4, 0.5) is 0 Å². The van der Waals surface area contributed by atoms with Gasteiger partial charge in [-0.3, -0.25) is 19.2 Å². The third kappa shape index (κ3) is 5.41. The first kappa shape index (κ1) is 30.7. The van der Waals surface area contributed by atoms with Gasteiger partial charge < -0.3 is 18.9 Å². The second-order valence-corrected chi connectivity index (χ2v) is 13.2. The van der Waals surface area contributed by atoms with Gasteiger partial charge >= 0.3 is 11.9 Å². The number of Topliss-reactive ketones (excluding diaryl/α,β-unsaturated/α-hetero) is 2. The number of carbonyl (C=O) groups is 4. The fourth-order valence-corrected chi connectivity index (χ4v) is 7.98. The Kier molecular flexibility index (Phi) is 9.13. The van der Waals surface area contributed by atoms with Crippen LogP contribution in [0.1, 0.15) is 62.5 Å². The molecule has 0 amide bonds. The molecule has 4 aliphatic rings. The molecule has 6 rings (SSSR count). The highest BCUT2D eigenvalue weighted by Gasteiger charge is 2.54. The number of esters is 2. The van der Waals surface area contributed by atoms with Gasteiger partial charge in [0.25, 0.3) is 0 Å². The zero-order valence-electron chi connectivity index (χ0n) is 23.7. The Hall–Kier alpha value is -2.72. The molecule has 42 heavy (non-hydrogen) atoms. The van der Waals surface area contributed by atoms with Gasteiger partial charge in [-0.05, 0) is 61.8 Å². The molecule has 0 aromatic heterocycles. The zero-order chi connectivity index (χ0) is 30.1. The van der Waals surface area contributed by atoms with Gasteiger partial charge in [-0.15, -0.1) is 0 Å². The summed E-state index contributed by atoms with van der Waals surface area (Å²) in [4.78, 5) is 49.0. The van der Waals surface area contributed by atoms with Crippen molar-refractivity contribution >= 4 is 55.4 Å². The van der Waals surface area contributed by atoms with E-state index in [2.05, 4.69) is 31.9 Å². The summed E-state index contributed by atoms with van der Waals surface area (Å²) in [7, 11) is 2.82. The lowest BCUT2D eigenvalue weighted by Crippen LogP contribution is -2.47. The molecule has 0 saturated heterocycles. The van der Waals surface area contributed by atoms with Crippen molar-refractivity contribution in [1.29, 1.82) is 0 Å². The number of hydrogen-bond acceptors (Lipinski definition) is 8. The maximum Gasteiger partial charge on any atom is 0.316 e.